The van der Waals surface area contributed by atoms with Gasteiger partial charge in [-0.25, -0.2) is 0 Å². The first-order valence-corrected chi connectivity index (χ1v) is 6.13. The summed E-state index contributed by atoms with van der Waals surface area (Å²) in [6, 6.07) is 18.3. The van der Waals surface area contributed by atoms with E-state index in [0.717, 1.165) is 30.5 Å². The quantitative estimate of drug-likeness (QED) is 0.886. The molecule has 0 saturated carbocycles. The van der Waals surface area contributed by atoms with Crippen molar-refractivity contribution in [3.8, 4) is 17.2 Å². The standard InChI is InChI=1S/C16H16N2/c17-11-3-4-13-7-9-14(10-8-13)16-6-2-1-5-15(16)12-18/h1-2,5-10H,3-4,11,17H2. The Labute approximate surface area is 108 Å². The Bertz CT molecular complexity index is 550. The second-order valence-electron chi connectivity index (χ2n) is 4.25. The van der Waals surface area contributed by atoms with Crippen LogP contribution in [0.1, 0.15) is 17.5 Å². The van der Waals surface area contributed by atoms with Crippen LogP contribution in [0.2, 0.25) is 0 Å². The second kappa shape index (κ2) is 6.00. The minimum Gasteiger partial charge on any atom is -0.330 e. The highest BCUT2D eigenvalue weighted by atomic mass is 14.5. The van der Waals surface area contributed by atoms with Gasteiger partial charge in [0.2, 0.25) is 0 Å². The van der Waals surface area contributed by atoms with Gasteiger partial charge in [-0.2, -0.15) is 5.26 Å². The molecule has 0 fully saturated rings. The second-order valence-corrected chi connectivity index (χ2v) is 4.25. The van der Waals surface area contributed by atoms with Crippen molar-refractivity contribution in [2.24, 2.45) is 5.73 Å². The Kier molecular flexibility index (Phi) is 4.11. The van der Waals surface area contributed by atoms with Gasteiger partial charge in [0.1, 0.15) is 0 Å². The van der Waals surface area contributed by atoms with Crippen molar-refractivity contribution in [2.45, 2.75) is 12.8 Å². The Morgan fingerprint density at radius 2 is 1.72 bits per heavy atom. The van der Waals surface area contributed by atoms with E-state index in [1.165, 1.54) is 5.56 Å². The fourth-order valence-corrected chi connectivity index (χ4v) is 1.99. The Morgan fingerprint density at radius 1 is 1.00 bits per heavy atom. The summed E-state index contributed by atoms with van der Waals surface area (Å²) in [7, 11) is 0. The van der Waals surface area contributed by atoms with E-state index in [-0.39, 0.29) is 0 Å². The van der Waals surface area contributed by atoms with Crippen LogP contribution in [0.3, 0.4) is 0 Å². The molecule has 0 heterocycles. The van der Waals surface area contributed by atoms with Gasteiger partial charge in [0.25, 0.3) is 0 Å². The lowest BCUT2D eigenvalue weighted by Crippen LogP contribution is -2.00. The van der Waals surface area contributed by atoms with E-state index in [9.17, 15) is 0 Å². The van der Waals surface area contributed by atoms with Gasteiger partial charge in [-0.1, -0.05) is 42.5 Å². The topological polar surface area (TPSA) is 49.8 Å². The average Bonchev–Trinajstić information content (AvgIpc) is 2.45. The van der Waals surface area contributed by atoms with E-state index >= 15 is 0 Å². The minimum atomic E-state index is 0.715. The molecule has 0 aliphatic heterocycles. The third kappa shape index (κ3) is 2.77. The Hall–Kier alpha value is -2.11. The third-order valence-electron chi connectivity index (χ3n) is 2.98. The van der Waals surface area contributed by atoms with Crippen molar-refractivity contribution in [3.05, 3.63) is 59.7 Å². The molecule has 0 aromatic heterocycles. The zero-order chi connectivity index (χ0) is 12.8. The maximum absolute atomic E-state index is 9.09. The predicted octanol–water partition coefficient (Wildman–Crippen LogP) is 3.12. The van der Waals surface area contributed by atoms with Gasteiger partial charge in [-0.05, 0) is 42.1 Å². The number of nitrogens with zero attached hydrogens (tertiary/aromatic N) is 1. The summed E-state index contributed by atoms with van der Waals surface area (Å²) in [5, 5.41) is 9.09. The van der Waals surface area contributed by atoms with E-state index in [1.807, 2.05) is 24.3 Å². The molecule has 0 radical (unpaired) electrons. The summed E-state index contributed by atoms with van der Waals surface area (Å²) >= 11 is 0. The van der Waals surface area contributed by atoms with E-state index in [4.69, 9.17) is 11.0 Å². The van der Waals surface area contributed by atoms with Crippen LogP contribution in [0.5, 0.6) is 0 Å². The number of hydrogen-bond donors (Lipinski definition) is 1. The van der Waals surface area contributed by atoms with E-state index in [2.05, 4.69) is 30.3 Å². The summed E-state index contributed by atoms with van der Waals surface area (Å²) in [5.74, 6) is 0. The van der Waals surface area contributed by atoms with Gasteiger partial charge in [-0.3, -0.25) is 0 Å². The van der Waals surface area contributed by atoms with Gasteiger partial charge in [0, 0.05) is 0 Å². The van der Waals surface area contributed by atoms with Crippen LogP contribution in [0, 0.1) is 11.3 Å². The first-order chi connectivity index (χ1) is 8.85. The summed E-state index contributed by atoms with van der Waals surface area (Å²) in [4.78, 5) is 0. The molecule has 2 N–H and O–H groups in total. The van der Waals surface area contributed by atoms with Gasteiger partial charge in [-0.15, -0.1) is 0 Å². The number of benzene rings is 2. The lowest BCUT2D eigenvalue weighted by molar-refractivity contribution is 0.833. The van der Waals surface area contributed by atoms with Crippen molar-refractivity contribution < 1.29 is 0 Å². The summed E-state index contributed by atoms with van der Waals surface area (Å²) in [5.41, 5.74) is 9.58. The smallest absolute Gasteiger partial charge is 0.0998 e. The van der Waals surface area contributed by atoms with E-state index < -0.39 is 0 Å². The van der Waals surface area contributed by atoms with E-state index in [1.54, 1.807) is 0 Å². The molecule has 0 aliphatic rings. The largest absolute Gasteiger partial charge is 0.330 e. The lowest BCUT2D eigenvalue weighted by atomic mass is 9.98. The highest BCUT2D eigenvalue weighted by Crippen LogP contribution is 2.23. The molecule has 90 valence electrons. The molecule has 0 spiro atoms. The van der Waals surface area contributed by atoms with Gasteiger partial charge < -0.3 is 5.73 Å². The maximum atomic E-state index is 9.09. The van der Waals surface area contributed by atoms with Crippen molar-refractivity contribution >= 4 is 0 Å². The number of hydrogen-bond acceptors (Lipinski definition) is 2. The maximum Gasteiger partial charge on any atom is 0.0998 e. The van der Waals surface area contributed by atoms with Gasteiger partial charge in [0.15, 0.2) is 0 Å². The van der Waals surface area contributed by atoms with Crippen LogP contribution in [0.4, 0.5) is 0 Å². The van der Waals surface area contributed by atoms with Crippen LogP contribution in [0.15, 0.2) is 48.5 Å². The molecular formula is C16H16N2. The zero-order valence-corrected chi connectivity index (χ0v) is 10.3. The molecule has 2 rings (SSSR count). The third-order valence-corrected chi connectivity index (χ3v) is 2.98. The summed E-state index contributed by atoms with van der Waals surface area (Å²) in [6.07, 6.45) is 2.02. The van der Waals surface area contributed by atoms with Crippen molar-refractivity contribution in [3.63, 3.8) is 0 Å². The molecule has 2 aromatic rings. The Balaban J connectivity index is 2.27. The fraction of sp³-hybridized carbons (Fsp3) is 0.188. The van der Waals surface area contributed by atoms with Crippen LogP contribution < -0.4 is 5.73 Å². The molecule has 0 saturated heterocycles. The number of nitriles is 1. The molecular weight excluding hydrogens is 220 g/mol. The SMILES string of the molecule is N#Cc1ccccc1-c1ccc(CCCN)cc1. The molecule has 2 aromatic carbocycles. The molecule has 2 nitrogen and oxygen atoms in total. The molecule has 0 atom stereocenters. The summed E-state index contributed by atoms with van der Waals surface area (Å²) < 4.78 is 0. The average molecular weight is 236 g/mol. The number of aryl methyl sites for hydroxylation is 1. The Morgan fingerprint density at radius 3 is 2.39 bits per heavy atom. The molecule has 0 unspecified atom stereocenters. The zero-order valence-electron chi connectivity index (χ0n) is 10.3. The predicted molar refractivity (Wildman–Crippen MR) is 74.0 cm³/mol. The molecule has 0 aliphatic carbocycles. The lowest BCUT2D eigenvalue weighted by Gasteiger charge is -2.05. The van der Waals surface area contributed by atoms with Crippen molar-refractivity contribution in [1.29, 1.82) is 5.26 Å². The highest BCUT2D eigenvalue weighted by molar-refractivity contribution is 5.70. The monoisotopic (exact) mass is 236 g/mol. The number of nitrogens with two attached hydrogens (primary N) is 1. The first-order valence-electron chi connectivity index (χ1n) is 6.13. The van der Waals surface area contributed by atoms with Gasteiger partial charge in [0.05, 0.1) is 11.6 Å². The molecule has 0 bridgehead atoms. The first kappa shape index (κ1) is 12.3. The fourth-order valence-electron chi connectivity index (χ4n) is 1.99. The van der Waals surface area contributed by atoms with E-state index in [0.29, 0.717) is 5.56 Å². The minimum absolute atomic E-state index is 0.715. The number of rotatable bonds is 4. The van der Waals surface area contributed by atoms with Crippen molar-refractivity contribution in [2.75, 3.05) is 6.54 Å². The molecule has 2 heteroatoms. The van der Waals surface area contributed by atoms with Crippen LogP contribution in [-0.2, 0) is 6.42 Å². The van der Waals surface area contributed by atoms with Crippen LogP contribution in [-0.4, -0.2) is 6.54 Å². The summed E-state index contributed by atoms with van der Waals surface area (Å²) in [6.45, 7) is 0.721. The molecule has 18 heavy (non-hydrogen) atoms. The highest BCUT2D eigenvalue weighted by Gasteiger charge is 2.03. The molecule has 0 amide bonds. The van der Waals surface area contributed by atoms with Crippen molar-refractivity contribution in [1.82, 2.24) is 0 Å². The van der Waals surface area contributed by atoms with Crippen LogP contribution in [0.25, 0.3) is 11.1 Å². The van der Waals surface area contributed by atoms with Gasteiger partial charge >= 0.3 is 0 Å². The van der Waals surface area contributed by atoms with Crippen LogP contribution >= 0.6 is 0 Å². The normalized spacial score (nSPS) is 10.0.